The van der Waals surface area contributed by atoms with Crippen molar-refractivity contribution in [1.29, 1.82) is 0 Å². The predicted octanol–water partition coefficient (Wildman–Crippen LogP) is 2.23. The van der Waals surface area contributed by atoms with Gasteiger partial charge in [-0.15, -0.1) is 12.4 Å². The SMILES string of the molecule is CC(C)CCC(=O)NC1CCC(N)CC1.Cl. The Morgan fingerprint density at radius 1 is 1.31 bits per heavy atom. The molecule has 0 unspecified atom stereocenters. The summed E-state index contributed by atoms with van der Waals surface area (Å²) in [6, 6.07) is 0.735. The molecule has 0 atom stereocenters. The molecule has 1 saturated carbocycles. The number of hydrogen-bond acceptors (Lipinski definition) is 2. The van der Waals surface area contributed by atoms with Crippen LogP contribution in [0.4, 0.5) is 0 Å². The highest BCUT2D eigenvalue weighted by Crippen LogP contribution is 2.17. The Labute approximate surface area is 105 Å². The Hall–Kier alpha value is -0.280. The fraction of sp³-hybridized carbons (Fsp3) is 0.917. The Kier molecular flexibility index (Phi) is 7.77. The molecule has 0 spiro atoms. The number of nitrogens with one attached hydrogen (secondary N) is 1. The zero-order chi connectivity index (χ0) is 11.3. The fourth-order valence-corrected chi connectivity index (χ4v) is 1.98. The monoisotopic (exact) mass is 248 g/mol. The largest absolute Gasteiger partial charge is 0.353 e. The van der Waals surface area contributed by atoms with Gasteiger partial charge in [-0.3, -0.25) is 4.79 Å². The van der Waals surface area contributed by atoms with Crippen LogP contribution >= 0.6 is 12.4 Å². The number of carbonyl (C=O) groups excluding carboxylic acids is 1. The van der Waals surface area contributed by atoms with Gasteiger partial charge in [0.2, 0.25) is 5.91 Å². The quantitative estimate of drug-likeness (QED) is 0.802. The van der Waals surface area contributed by atoms with Crippen LogP contribution in [0, 0.1) is 5.92 Å². The molecule has 0 saturated heterocycles. The second kappa shape index (κ2) is 7.91. The Bertz CT molecular complexity index is 201. The van der Waals surface area contributed by atoms with Gasteiger partial charge in [-0.25, -0.2) is 0 Å². The van der Waals surface area contributed by atoms with E-state index in [2.05, 4.69) is 19.2 Å². The van der Waals surface area contributed by atoms with Crippen molar-refractivity contribution in [2.75, 3.05) is 0 Å². The highest BCUT2D eigenvalue weighted by atomic mass is 35.5. The minimum absolute atomic E-state index is 0. The third kappa shape index (κ3) is 6.33. The van der Waals surface area contributed by atoms with Crippen LogP contribution in [0.25, 0.3) is 0 Å². The molecule has 1 aliphatic carbocycles. The average Bonchev–Trinajstić information content (AvgIpc) is 2.19. The highest BCUT2D eigenvalue weighted by Gasteiger charge is 2.19. The van der Waals surface area contributed by atoms with Crippen molar-refractivity contribution >= 4 is 18.3 Å². The summed E-state index contributed by atoms with van der Waals surface area (Å²) in [5, 5.41) is 3.10. The number of amides is 1. The average molecular weight is 249 g/mol. The minimum atomic E-state index is 0. The molecule has 1 amide bonds. The van der Waals surface area contributed by atoms with Crippen LogP contribution in [0.5, 0.6) is 0 Å². The number of carbonyl (C=O) groups is 1. The van der Waals surface area contributed by atoms with E-state index >= 15 is 0 Å². The fourth-order valence-electron chi connectivity index (χ4n) is 1.98. The van der Waals surface area contributed by atoms with E-state index in [1.165, 1.54) is 0 Å². The lowest BCUT2D eigenvalue weighted by atomic mass is 9.91. The van der Waals surface area contributed by atoms with E-state index in [-0.39, 0.29) is 18.3 Å². The van der Waals surface area contributed by atoms with Gasteiger partial charge in [0.25, 0.3) is 0 Å². The van der Waals surface area contributed by atoms with Crippen molar-refractivity contribution in [2.24, 2.45) is 11.7 Å². The van der Waals surface area contributed by atoms with E-state index in [9.17, 15) is 4.79 Å². The molecule has 0 aromatic heterocycles. The third-order valence-corrected chi connectivity index (χ3v) is 3.09. The lowest BCUT2D eigenvalue weighted by molar-refractivity contribution is -0.122. The van der Waals surface area contributed by atoms with Crippen molar-refractivity contribution in [3.63, 3.8) is 0 Å². The van der Waals surface area contributed by atoms with E-state index in [0.29, 0.717) is 24.4 Å². The second-order valence-corrected chi connectivity index (χ2v) is 5.11. The first-order valence-electron chi connectivity index (χ1n) is 6.13. The van der Waals surface area contributed by atoms with Gasteiger partial charge < -0.3 is 11.1 Å². The molecule has 1 fully saturated rings. The predicted molar refractivity (Wildman–Crippen MR) is 69.7 cm³/mol. The maximum atomic E-state index is 11.6. The van der Waals surface area contributed by atoms with Crippen LogP contribution in [-0.2, 0) is 4.79 Å². The maximum Gasteiger partial charge on any atom is 0.220 e. The Morgan fingerprint density at radius 3 is 2.38 bits per heavy atom. The van der Waals surface area contributed by atoms with Gasteiger partial charge in [-0.05, 0) is 38.0 Å². The number of hydrogen-bond donors (Lipinski definition) is 2. The molecule has 0 radical (unpaired) electrons. The van der Waals surface area contributed by atoms with Crippen molar-refractivity contribution in [3.8, 4) is 0 Å². The maximum absolute atomic E-state index is 11.6. The molecule has 1 rings (SSSR count). The van der Waals surface area contributed by atoms with Crippen LogP contribution in [0.15, 0.2) is 0 Å². The molecule has 3 N–H and O–H groups in total. The second-order valence-electron chi connectivity index (χ2n) is 5.11. The first-order chi connectivity index (χ1) is 7.08. The van der Waals surface area contributed by atoms with Crippen LogP contribution < -0.4 is 11.1 Å². The summed E-state index contributed by atoms with van der Waals surface area (Å²) in [6.07, 6.45) is 5.85. The highest BCUT2D eigenvalue weighted by molar-refractivity contribution is 5.85. The van der Waals surface area contributed by atoms with Gasteiger partial charge in [-0.2, -0.15) is 0 Å². The topological polar surface area (TPSA) is 55.1 Å². The molecule has 96 valence electrons. The molecule has 0 bridgehead atoms. The van der Waals surface area contributed by atoms with Crippen LogP contribution in [0.2, 0.25) is 0 Å². The molecule has 0 heterocycles. The van der Waals surface area contributed by atoms with E-state index in [0.717, 1.165) is 32.1 Å². The molecule has 1 aliphatic rings. The summed E-state index contributed by atoms with van der Waals surface area (Å²) >= 11 is 0. The van der Waals surface area contributed by atoms with Crippen molar-refractivity contribution < 1.29 is 4.79 Å². The van der Waals surface area contributed by atoms with Crippen molar-refractivity contribution in [1.82, 2.24) is 5.32 Å². The van der Waals surface area contributed by atoms with Gasteiger partial charge in [0.05, 0.1) is 0 Å². The van der Waals surface area contributed by atoms with Crippen molar-refractivity contribution in [2.45, 2.75) is 64.5 Å². The summed E-state index contributed by atoms with van der Waals surface area (Å²) in [5.74, 6) is 0.819. The lowest BCUT2D eigenvalue weighted by Crippen LogP contribution is -2.40. The van der Waals surface area contributed by atoms with Gasteiger partial charge in [-0.1, -0.05) is 13.8 Å². The zero-order valence-electron chi connectivity index (χ0n) is 10.4. The standard InChI is InChI=1S/C12H24N2O.ClH/c1-9(2)3-8-12(15)14-11-6-4-10(13)5-7-11;/h9-11H,3-8,13H2,1-2H3,(H,14,15);1H. The Morgan fingerprint density at radius 2 is 1.88 bits per heavy atom. The molecule has 4 heteroatoms. The molecule has 3 nitrogen and oxygen atoms in total. The minimum Gasteiger partial charge on any atom is -0.353 e. The number of nitrogens with two attached hydrogens (primary N) is 1. The first-order valence-corrected chi connectivity index (χ1v) is 6.13. The van der Waals surface area contributed by atoms with Gasteiger partial charge in [0, 0.05) is 18.5 Å². The summed E-state index contributed by atoms with van der Waals surface area (Å²) in [6.45, 7) is 4.29. The van der Waals surface area contributed by atoms with Gasteiger partial charge in [0.15, 0.2) is 0 Å². The molecule has 0 aromatic carbocycles. The van der Waals surface area contributed by atoms with Crippen LogP contribution in [0.3, 0.4) is 0 Å². The smallest absolute Gasteiger partial charge is 0.220 e. The molecule has 0 aromatic rings. The van der Waals surface area contributed by atoms with E-state index in [4.69, 9.17) is 5.73 Å². The normalized spacial score (nSPS) is 25.0. The van der Waals surface area contributed by atoms with Crippen LogP contribution in [-0.4, -0.2) is 18.0 Å². The molecular formula is C12H25ClN2O. The summed E-state index contributed by atoms with van der Waals surface area (Å²) in [4.78, 5) is 11.6. The molecule has 16 heavy (non-hydrogen) atoms. The number of halogens is 1. The number of rotatable bonds is 4. The zero-order valence-corrected chi connectivity index (χ0v) is 11.2. The summed E-state index contributed by atoms with van der Waals surface area (Å²) < 4.78 is 0. The summed E-state index contributed by atoms with van der Waals surface area (Å²) in [7, 11) is 0. The van der Waals surface area contributed by atoms with E-state index < -0.39 is 0 Å². The summed E-state index contributed by atoms with van der Waals surface area (Å²) in [5.41, 5.74) is 5.81. The first kappa shape index (κ1) is 15.7. The Balaban J connectivity index is 0.00000225. The van der Waals surface area contributed by atoms with Gasteiger partial charge >= 0.3 is 0 Å². The van der Waals surface area contributed by atoms with E-state index in [1.807, 2.05) is 0 Å². The van der Waals surface area contributed by atoms with Crippen molar-refractivity contribution in [3.05, 3.63) is 0 Å². The lowest BCUT2D eigenvalue weighted by Gasteiger charge is -2.26. The molecule has 0 aliphatic heterocycles. The van der Waals surface area contributed by atoms with Crippen LogP contribution in [0.1, 0.15) is 52.4 Å². The molecular weight excluding hydrogens is 224 g/mol. The van der Waals surface area contributed by atoms with E-state index in [1.54, 1.807) is 0 Å². The third-order valence-electron chi connectivity index (χ3n) is 3.09. The van der Waals surface area contributed by atoms with Gasteiger partial charge in [0.1, 0.15) is 0 Å².